The summed E-state index contributed by atoms with van der Waals surface area (Å²) < 4.78 is 0. The van der Waals surface area contributed by atoms with E-state index in [2.05, 4.69) is 39.8 Å². The highest BCUT2D eigenvalue weighted by molar-refractivity contribution is 7.99. The highest BCUT2D eigenvalue weighted by atomic mass is 32.2. The second-order valence-corrected chi connectivity index (χ2v) is 5.61. The molecule has 84 valence electrons. The van der Waals surface area contributed by atoms with Gasteiger partial charge in [-0.3, -0.25) is 0 Å². The van der Waals surface area contributed by atoms with E-state index in [4.69, 9.17) is 5.11 Å². The number of thioether (sulfide) groups is 1. The highest BCUT2D eigenvalue weighted by Gasteiger charge is 2.06. The smallest absolute Gasteiger partial charge is 0.0547 e. The molecule has 0 aliphatic heterocycles. The van der Waals surface area contributed by atoms with E-state index in [1.807, 2.05) is 11.8 Å². The van der Waals surface area contributed by atoms with Crippen molar-refractivity contribution < 1.29 is 5.11 Å². The van der Waals surface area contributed by atoms with Gasteiger partial charge in [-0.05, 0) is 37.5 Å². The van der Waals surface area contributed by atoms with E-state index in [0.717, 1.165) is 5.75 Å². The zero-order valence-electron chi connectivity index (χ0n) is 10.0. The van der Waals surface area contributed by atoms with E-state index in [-0.39, 0.29) is 6.61 Å². The Morgan fingerprint density at radius 2 is 1.73 bits per heavy atom. The molecule has 0 bridgehead atoms. The van der Waals surface area contributed by atoms with Crippen molar-refractivity contribution >= 4 is 11.8 Å². The first-order valence-corrected chi connectivity index (χ1v) is 6.38. The van der Waals surface area contributed by atoms with Crippen molar-refractivity contribution in [3.8, 4) is 0 Å². The van der Waals surface area contributed by atoms with Crippen molar-refractivity contribution in [1.29, 1.82) is 0 Å². The molecule has 1 atom stereocenters. The van der Waals surface area contributed by atoms with Crippen LogP contribution >= 0.6 is 11.8 Å². The molecule has 0 aliphatic rings. The molecule has 15 heavy (non-hydrogen) atoms. The van der Waals surface area contributed by atoms with E-state index < -0.39 is 0 Å². The fourth-order valence-corrected chi connectivity index (χ4v) is 2.73. The molecule has 1 rings (SSSR count). The average molecular weight is 224 g/mol. The lowest BCUT2D eigenvalue weighted by molar-refractivity contribution is 0.300. The van der Waals surface area contributed by atoms with Crippen LogP contribution < -0.4 is 0 Å². The lowest BCUT2D eigenvalue weighted by Gasteiger charge is -2.13. The summed E-state index contributed by atoms with van der Waals surface area (Å²) >= 11 is 1.81. The van der Waals surface area contributed by atoms with Crippen molar-refractivity contribution in [2.45, 2.75) is 38.7 Å². The van der Waals surface area contributed by atoms with Crippen molar-refractivity contribution in [3.63, 3.8) is 0 Å². The topological polar surface area (TPSA) is 20.2 Å². The van der Waals surface area contributed by atoms with Crippen molar-refractivity contribution in [3.05, 3.63) is 34.4 Å². The molecule has 1 aromatic rings. The van der Waals surface area contributed by atoms with Crippen molar-refractivity contribution in [1.82, 2.24) is 0 Å². The zero-order valence-corrected chi connectivity index (χ0v) is 10.8. The Hall–Kier alpha value is -0.470. The lowest BCUT2D eigenvalue weighted by atomic mass is 10.0. The van der Waals surface area contributed by atoms with Gasteiger partial charge in [0, 0.05) is 11.0 Å². The van der Waals surface area contributed by atoms with Crippen LogP contribution in [0.15, 0.2) is 12.1 Å². The van der Waals surface area contributed by atoms with E-state index in [1.165, 1.54) is 22.3 Å². The normalized spacial score (nSPS) is 12.9. The summed E-state index contributed by atoms with van der Waals surface area (Å²) in [6.07, 6.45) is 0. The van der Waals surface area contributed by atoms with Crippen LogP contribution in [0, 0.1) is 20.8 Å². The largest absolute Gasteiger partial charge is 0.395 e. The summed E-state index contributed by atoms with van der Waals surface area (Å²) in [5, 5.41) is 9.30. The predicted molar refractivity (Wildman–Crippen MR) is 68.5 cm³/mol. The third kappa shape index (κ3) is 3.54. The molecule has 1 aromatic carbocycles. The van der Waals surface area contributed by atoms with Crippen LogP contribution in [-0.2, 0) is 5.75 Å². The van der Waals surface area contributed by atoms with Crippen LogP contribution in [0.1, 0.15) is 29.2 Å². The average Bonchev–Trinajstić information content (AvgIpc) is 2.15. The number of benzene rings is 1. The summed E-state index contributed by atoms with van der Waals surface area (Å²) in [5.41, 5.74) is 5.48. The molecule has 0 saturated carbocycles. The van der Waals surface area contributed by atoms with Gasteiger partial charge < -0.3 is 5.11 Å². The minimum atomic E-state index is 0.259. The van der Waals surface area contributed by atoms with Gasteiger partial charge in [0.2, 0.25) is 0 Å². The minimum Gasteiger partial charge on any atom is -0.395 e. The lowest BCUT2D eigenvalue weighted by Crippen LogP contribution is -2.03. The molecule has 1 unspecified atom stereocenters. The van der Waals surface area contributed by atoms with Crippen LogP contribution in [0.25, 0.3) is 0 Å². The van der Waals surface area contributed by atoms with Crippen LogP contribution in [0.5, 0.6) is 0 Å². The Morgan fingerprint density at radius 3 is 2.20 bits per heavy atom. The van der Waals surface area contributed by atoms with E-state index >= 15 is 0 Å². The standard InChI is InChI=1S/C13H20OS/c1-9-5-10(2)13(11(3)6-9)8-15-12(4)7-14/h5-6,12,14H,7-8H2,1-4H3. The SMILES string of the molecule is Cc1cc(C)c(CSC(C)CO)c(C)c1. The summed E-state index contributed by atoms with van der Waals surface area (Å²) in [4.78, 5) is 0. The Kier molecular flexibility index (Phi) is 4.68. The van der Waals surface area contributed by atoms with Gasteiger partial charge in [-0.25, -0.2) is 0 Å². The maximum atomic E-state index is 8.97. The first-order valence-electron chi connectivity index (χ1n) is 5.33. The zero-order chi connectivity index (χ0) is 11.4. The van der Waals surface area contributed by atoms with Crippen molar-refractivity contribution in [2.75, 3.05) is 6.61 Å². The van der Waals surface area contributed by atoms with Gasteiger partial charge in [-0.1, -0.05) is 24.6 Å². The maximum absolute atomic E-state index is 8.97. The monoisotopic (exact) mass is 224 g/mol. The van der Waals surface area contributed by atoms with Crippen LogP contribution in [0.2, 0.25) is 0 Å². The van der Waals surface area contributed by atoms with Gasteiger partial charge in [0.15, 0.2) is 0 Å². The first kappa shape index (κ1) is 12.6. The third-order valence-corrected chi connectivity index (χ3v) is 3.78. The molecule has 0 radical (unpaired) electrons. The van der Waals surface area contributed by atoms with Gasteiger partial charge in [0.1, 0.15) is 0 Å². The molecule has 2 heteroatoms. The maximum Gasteiger partial charge on any atom is 0.0547 e. The number of hydrogen-bond donors (Lipinski definition) is 1. The summed E-state index contributed by atoms with van der Waals surface area (Å²) in [7, 11) is 0. The molecular weight excluding hydrogens is 204 g/mol. The molecule has 0 fully saturated rings. The number of aryl methyl sites for hydroxylation is 3. The number of aliphatic hydroxyl groups excluding tert-OH is 1. The van der Waals surface area contributed by atoms with Crippen LogP contribution in [-0.4, -0.2) is 17.0 Å². The molecular formula is C13H20OS. The number of rotatable bonds is 4. The Labute approximate surface area is 96.9 Å². The Morgan fingerprint density at radius 1 is 1.20 bits per heavy atom. The quantitative estimate of drug-likeness (QED) is 0.847. The molecule has 0 amide bonds. The van der Waals surface area contributed by atoms with Crippen molar-refractivity contribution in [2.24, 2.45) is 0 Å². The Balaban J connectivity index is 2.77. The third-order valence-electron chi connectivity index (χ3n) is 2.61. The summed E-state index contributed by atoms with van der Waals surface area (Å²) in [6, 6.07) is 4.46. The van der Waals surface area contributed by atoms with Gasteiger partial charge in [0.25, 0.3) is 0 Å². The van der Waals surface area contributed by atoms with Gasteiger partial charge in [0.05, 0.1) is 6.61 Å². The second kappa shape index (κ2) is 5.57. The predicted octanol–water partition coefficient (Wildman–Crippen LogP) is 3.23. The summed E-state index contributed by atoms with van der Waals surface area (Å²) in [5.74, 6) is 1.000. The molecule has 0 saturated heterocycles. The second-order valence-electron chi connectivity index (χ2n) is 4.18. The van der Waals surface area contributed by atoms with E-state index in [1.54, 1.807) is 0 Å². The molecule has 0 spiro atoms. The fourth-order valence-electron chi connectivity index (χ4n) is 1.72. The van der Waals surface area contributed by atoms with Gasteiger partial charge >= 0.3 is 0 Å². The van der Waals surface area contributed by atoms with E-state index in [9.17, 15) is 0 Å². The van der Waals surface area contributed by atoms with Crippen LogP contribution in [0.4, 0.5) is 0 Å². The molecule has 0 heterocycles. The molecule has 1 nitrogen and oxygen atoms in total. The molecule has 0 aliphatic carbocycles. The highest BCUT2D eigenvalue weighted by Crippen LogP contribution is 2.23. The van der Waals surface area contributed by atoms with Crippen LogP contribution in [0.3, 0.4) is 0 Å². The van der Waals surface area contributed by atoms with Gasteiger partial charge in [-0.2, -0.15) is 11.8 Å². The minimum absolute atomic E-state index is 0.259. The number of hydrogen-bond acceptors (Lipinski definition) is 2. The fraction of sp³-hybridized carbons (Fsp3) is 0.538. The molecule has 1 N–H and O–H groups in total. The molecule has 0 aromatic heterocycles. The van der Waals surface area contributed by atoms with E-state index in [0.29, 0.717) is 5.25 Å². The Bertz CT molecular complexity index is 310. The number of aliphatic hydroxyl groups is 1. The van der Waals surface area contributed by atoms with Gasteiger partial charge in [-0.15, -0.1) is 0 Å². The summed E-state index contributed by atoms with van der Waals surface area (Å²) in [6.45, 7) is 8.78. The first-order chi connectivity index (χ1) is 7.04.